The van der Waals surface area contributed by atoms with Gasteiger partial charge in [-0.25, -0.2) is 4.79 Å². The first kappa shape index (κ1) is 26.9. The van der Waals surface area contributed by atoms with Gasteiger partial charge in [0, 0.05) is 30.2 Å². The number of urea groups is 1. The second kappa shape index (κ2) is 12.9. The molecule has 0 unspecified atom stereocenters. The highest BCUT2D eigenvalue weighted by molar-refractivity contribution is 7.10. The molecule has 3 aromatic rings. The molecule has 1 aliphatic heterocycles. The quantitative estimate of drug-likeness (QED) is 0.367. The molecule has 0 bridgehead atoms. The van der Waals surface area contributed by atoms with Crippen LogP contribution >= 0.6 is 11.3 Å². The number of carbonyl (C=O) groups excluding carboxylic acids is 2. The Kier molecular flexibility index (Phi) is 9.36. The van der Waals surface area contributed by atoms with Gasteiger partial charge in [-0.05, 0) is 80.9 Å². The van der Waals surface area contributed by atoms with Crippen LogP contribution in [0.2, 0.25) is 0 Å². The van der Waals surface area contributed by atoms with Crippen LogP contribution in [0.3, 0.4) is 0 Å². The number of rotatable bonds is 10. The van der Waals surface area contributed by atoms with Gasteiger partial charge in [-0.1, -0.05) is 48.0 Å². The Labute approximate surface area is 224 Å². The third kappa shape index (κ3) is 7.66. The molecule has 0 saturated carbocycles. The van der Waals surface area contributed by atoms with E-state index in [4.69, 9.17) is 0 Å². The van der Waals surface area contributed by atoms with E-state index in [0.717, 1.165) is 42.0 Å². The minimum Gasteiger partial charge on any atom is -0.332 e. The Hall–Kier alpha value is -3.16. The number of carbonyl (C=O) groups is 2. The zero-order valence-electron chi connectivity index (χ0n) is 22.2. The minimum atomic E-state index is -0.230. The fourth-order valence-electron chi connectivity index (χ4n) is 4.71. The number of thiophene rings is 1. The molecule has 2 heterocycles. The third-order valence-corrected chi connectivity index (χ3v) is 8.00. The normalized spacial score (nSPS) is 13.5. The van der Waals surface area contributed by atoms with Gasteiger partial charge in [0.2, 0.25) is 5.91 Å². The molecule has 1 N–H and O–H groups in total. The highest BCUT2D eigenvalue weighted by Gasteiger charge is 2.24. The minimum absolute atomic E-state index is 0.0435. The number of hydrogen-bond donors (Lipinski definition) is 1. The van der Waals surface area contributed by atoms with Crippen molar-refractivity contribution in [3.63, 3.8) is 0 Å². The summed E-state index contributed by atoms with van der Waals surface area (Å²) in [6.45, 7) is 10.6. The molecule has 37 heavy (non-hydrogen) atoms. The number of likely N-dealkylation sites (tertiary alicyclic amines) is 1. The van der Waals surface area contributed by atoms with Gasteiger partial charge < -0.3 is 20.0 Å². The summed E-state index contributed by atoms with van der Waals surface area (Å²) in [5.41, 5.74) is 5.21. The van der Waals surface area contributed by atoms with Crippen LogP contribution in [0.15, 0.2) is 60.0 Å². The van der Waals surface area contributed by atoms with Crippen molar-refractivity contribution >= 4 is 29.0 Å². The molecule has 2 aromatic carbocycles. The molecule has 1 aromatic heterocycles. The predicted molar refractivity (Wildman–Crippen MR) is 152 cm³/mol. The van der Waals surface area contributed by atoms with E-state index in [1.165, 1.54) is 23.3 Å². The molecule has 3 amide bonds. The maximum Gasteiger partial charge on any atom is 0.322 e. The molecule has 0 aliphatic carbocycles. The Balaban J connectivity index is 1.51. The summed E-state index contributed by atoms with van der Waals surface area (Å²) >= 11 is 1.67. The number of amides is 3. The number of nitrogens with zero attached hydrogens (tertiary/aromatic N) is 3. The molecular weight excluding hydrogens is 480 g/mol. The van der Waals surface area contributed by atoms with Crippen LogP contribution in [0.5, 0.6) is 0 Å². The smallest absolute Gasteiger partial charge is 0.322 e. The molecule has 6 nitrogen and oxygen atoms in total. The second-order valence-electron chi connectivity index (χ2n) is 9.98. The fraction of sp³-hybridized carbons (Fsp3) is 0.400. The van der Waals surface area contributed by atoms with E-state index in [-0.39, 0.29) is 18.5 Å². The van der Waals surface area contributed by atoms with Gasteiger partial charge in [0.1, 0.15) is 6.54 Å². The van der Waals surface area contributed by atoms with E-state index < -0.39 is 0 Å². The number of nitrogens with one attached hydrogen (secondary N) is 1. The number of benzene rings is 2. The van der Waals surface area contributed by atoms with E-state index in [1.807, 2.05) is 61.2 Å². The molecule has 0 atom stereocenters. The van der Waals surface area contributed by atoms with Gasteiger partial charge >= 0.3 is 6.03 Å². The molecule has 196 valence electrons. The molecule has 4 rings (SSSR count). The van der Waals surface area contributed by atoms with Gasteiger partial charge in [-0.2, -0.15) is 0 Å². The van der Waals surface area contributed by atoms with Crippen molar-refractivity contribution in [1.82, 2.24) is 14.7 Å². The lowest BCUT2D eigenvalue weighted by molar-refractivity contribution is -0.133. The zero-order valence-corrected chi connectivity index (χ0v) is 23.0. The molecule has 7 heteroatoms. The van der Waals surface area contributed by atoms with Crippen molar-refractivity contribution in [2.24, 2.45) is 0 Å². The summed E-state index contributed by atoms with van der Waals surface area (Å²) in [7, 11) is 0. The predicted octanol–water partition coefficient (Wildman–Crippen LogP) is 5.83. The van der Waals surface area contributed by atoms with Crippen molar-refractivity contribution in [2.75, 3.05) is 38.0 Å². The van der Waals surface area contributed by atoms with Gasteiger partial charge in [0.15, 0.2) is 0 Å². The first-order chi connectivity index (χ1) is 17.9. The first-order valence-corrected chi connectivity index (χ1v) is 14.0. The Bertz CT molecular complexity index is 1190. The lowest BCUT2D eigenvalue weighted by atomic mass is 10.1. The molecule has 1 fully saturated rings. The van der Waals surface area contributed by atoms with Gasteiger partial charge in [-0.15, -0.1) is 11.3 Å². The summed E-state index contributed by atoms with van der Waals surface area (Å²) in [6.07, 6.45) is 2.39. The van der Waals surface area contributed by atoms with Crippen LogP contribution in [-0.2, 0) is 17.9 Å². The Morgan fingerprint density at radius 3 is 2.35 bits per heavy atom. The van der Waals surface area contributed by atoms with Crippen LogP contribution < -0.4 is 5.32 Å². The molecule has 1 aliphatic rings. The summed E-state index contributed by atoms with van der Waals surface area (Å²) < 4.78 is 0. The average molecular weight is 519 g/mol. The number of anilines is 1. The maximum atomic E-state index is 13.8. The summed E-state index contributed by atoms with van der Waals surface area (Å²) in [6, 6.07) is 17.9. The highest BCUT2D eigenvalue weighted by Crippen LogP contribution is 2.21. The summed E-state index contributed by atoms with van der Waals surface area (Å²) in [5.74, 6) is -0.0474. The van der Waals surface area contributed by atoms with Crippen LogP contribution in [0.4, 0.5) is 10.5 Å². The summed E-state index contributed by atoms with van der Waals surface area (Å²) in [5, 5.41) is 5.13. The molecule has 1 saturated heterocycles. The monoisotopic (exact) mass is 518 g/mol. The molecule has 0 radical (unpaired) electrons. The van der Waals surface area contributed by atoms with Gasteiger partial charge in [-0.3, -0.25) is 4.79 Å². The van der Waals surface area contributed by atoms with Crippen molar-refractivity contribution in [3.05, 3.63) is 87.1 Å². The SMILES string of the molecule is Cc1ccc(NC(=O)N(CCN2CCCC2)CC(=O)N(Cc2ccccc2)Cc2sccc2C)c(C)c1. The van der Waals surface area contributed by atoms with E-state index in [2.05, 4.69) is 34.7 Å². The molecule has 0 spiro atoms. The van der Waals surface area contributed by atoms with Gasteiger partial charge in [0.25, 0.3) is 0 Å². The number of hydrogen-bond acceptors (Lipinski definition) is 4. The topological polar surface area (TPSA) is 55.9 Å². The van der Waals surface area contributed by atoms with E-state index in [9.17, 15) is 9.59 Å². The standard InChI is InChI=1S/C30H38N4O2S/c1-23-11-12-27(25(3)19-23)31-30(36)33(17-16-32-14-7-8-15-32)22-29(35)34(20-26-9-5-4-6-10-26)21-28-24(2)13-18-37-28/h4-6,9-13,18-19H,7-8,14-17,20-22H2,1-3H3,(H,31,36). The Morgan fingerprint density at radius 1 is 0.919 bits per heavy atom. The van der Waals surface area contributed by atoms with E-state index in [0.29, 0.717) is 19.6 Å². The van der Waals surface area contributed by atoms with Crippen molar-refractivity contribution in [2.45, 2.75) is 46.7 Å². The zero-order chi connectivity index (χ0) is 26.2. The van der Waals surface area contributed by atoms with Crippen LogP contribution in [0.25, 0.3) is 0 Å². The van der Waals surface area contributed by atoms with Crippen LogP contribution in [-0.4, -0.2) is 59.4 Å². The van der Waals surface area contributed by atoms with Gasteiger partial charge in [0.05, 0.1) is 6.54 Å². The highest BCUT2D eigenvalue weighted by atomic mass is 32.1. The lowest BCUT2D eigenvalue weighted by Gasteiger charge is -2.29. The van der Waals surface area contributed by atoms with Crippen LogP contribution in [0, 0.1) is 20.8 Å². The molecular formula is C30H38N4O2S. The largest absolute Gasteiger partial charge is 0.332 e. The van der Waals surface area contributed by atoms with Crippen molar-refractivity contribution < 1.29 is 9.59 Å². The van der Waals surface area contributed by atoms with Crippen LogP contribution in [0.1, 0.15) is 40.0 Å². The van der Waals surface area contributed by atoms with E-state index in [1.54, 1.807) is 16.2 Å². The average Bonchev–Trinajstić information content (AvgIpc) is 3.55. The third-order valence-electron chi connectivity index (χ3n) is 6.99. The fourth-order valence-corrected chi connectivity index (χ4v) is 5.63. The lowest BCUT2D eigenvalue weighted by Crippen LogP contribution is -2.46. The maximum absolute atomic E-state index is 13.8. The van der Waals surface area contributed by atoms with Crippen molar-refractivity contribution in [3.8, 4) is 0 Å². The van der Waals surface area contributed by atoms with Crippen molar-refractivity contribution in [1.29, 1.82) is 0 Å². The first-order valence-electron chi connectivity index (χ1n) is 13.1. The summed E-state index contributed by atoms with van der Waals surface area (Å²) in [4.78, 5) is 34.3. The second-order valence-corrected chi connectivity index (χ2v) is 11.0. The number of aryl methyl sites for hydroxylation is 3. The Morgan fingerprint density at radius 2 is 1.68 bits per heavy atom. The van der Waals surface area contributed by atoms with E-state index >= 15 is 0 Å².